The van der Waals surface area contributed by atoms with Crippen LogP contribution in [0.2, 0.25) is 0 Å². The number of carbonyl (C=O) groups is 4. The van der Waals surface area contributed by atoms with Gasteiger partial charge in [-0.1, -0.05) is 42.5 Å². The zero-order chi connectivity index (χ0) is 21.9. The summed E-state index contributed by atoms with van der Waals surface area (Å²) >= 11 is 0. The molecule has 0 saturated carbocycles. The van der Waals surface area contributed by atoms with E-state index in [0.29, 0.717) is 5.69 Å². The molecular weight excluding hydrogens is 402 g/mol. The van der Waals surface area contributed by atoms with Gasteiger partial charge in [-0.15, -0.1) is 0 Å². The number of esters is 2. The molecule has 2 bridgehead atoms. The predicted octanol–water partition coefficient (Wildman–Crippen LogP) is 2.11. The van der Waals surface area contributed by atoms with Gasteiger partial charge in [0.1, 0.15) is 0 Å². The highest BCUT2D eigenvalue weighted by atomic mass is 16.7. The van der Waals surface area contributed by atoms with Crippen LogP contribution in [0.5, 0.6) is 0 Å². The molecule has 2 saturated heterocycles. The van der Waals surface area contributed by atoms with Crippen LogP contribution in [-0.4, -0.2) is 41.7 Å². The predicted molar refractivity (Wildman–Crippen MR) is 107 cm³/mol. The number of rotatable bonds is 4. The van der Waals surface area contributed by atoms with Crippen LogP contribution in [0.4, 0.5) is 5.69 Å². The number of ether oxygens (including phenoxy) is 3. The summed E-state index contributed by atoms with van der Waals surface area (Å²) in [5, 5.41) is 1.65. The Morgan fingerprint density at radius 2 is 1.68 bits per heavy atom. The van der Waals surface area contributed by atoms with Gasteiger partial charge >= 0.3 is 11.9 Å². The van der Waals surface area contributed by atoms with E-state index in [2.05, 4.69) is 0 Å². The fourth-order valence-corrected chi connectivity index (χ4v) is 4.86. The fraction of sp³-hybridized carbons (Fsp3) is 0.304. The van der Waals surface area contributed by atoms with Gasteiger partial charge in [0, 0.05) is 19.2 Å². The first-order valence-electron chi connectivity index (χ1n) is 9.90. The van der Waals surface area contributed by atoms with Gasteiger partial charge in [-0.25, -0.2) is 4.90 Å². The normalized spacial score (nSPS) is 28.5. The second-order valence-corrected chi connectivity index (χ2v) is 7.86. The highest BCUT2D eigenvalue weighted by Crippen LogP contribution is 2.55. The van der Waals surface area contributed by atoms with E-state index in [-0.39, 0.29) is 0 Å². The van der Waals surface area contributed by atoms with E-state index in [4.69, 9.17) is 14.2 Å². The highest BCUT2D eigenvalue weighted by molar-refractivity contribution is 6.26. The smallest absolute Gasteiger partial charge is 0.305 e. The summed E-state index contributed by atoms with van der Waals surface area (Å²) in [5.41, 5.74) is -1.08. The Morgan fingerprint density at radius 3 is 2.39 bits per heavy atom. The zero-order valence-corrected chi connectivity index (χ0v) is 16.8. The molecule has 0 radical (unpaired) electrons. The molecule has 158 valence electrons. The van der Waals surface area contributed by atoms with Crippen LogP contribution >= 0.6 is 0 Å². The van der Waals surface area contributed by atoms with Crippen molar-refractivity contribution in [3.63, 3.8) is 0 Å². The number of hydrogen-bond donors (Lipinski definition) is 0. The number of carbonyl (C=O) groups excluding carboxylic acids is 4. The summed E-state index contributed by atoms with van der Waals surface area (Å²) in [5.74, 6) is -4.07. The topological polar surface area (TPSA) is 99.2 Å². The molecule has 2 fully saturated rings. The van der Waals surface area contributed by atoms with Crippen LogP contribution in [0.3, 0.4) is 0 Å². The lowest BCUT2D eigenvalue weighted by Crippen LogP contribution is -2.52. The molecular formula is C23H19NO7. The Labute approximate surface area is 177 Å². The van der Waals surface area contributed by atoms with Gasteiger partial charge in [-0.3, -0.25) is 19.2 Å². The zero-order valence-electron chi connectivity index (χ0n) is 16.8. The molecule has 5 rings (SSSR count). The van der Waals surface area contributed by atoms with E-state index < -0.39 is 53.6 Å². The number of benzene rings is 2. The fourth-order valence-electron chi connectivity index (χ4n) is 4.86. The second-order valence-electron chi connectivity index (χ2n) is 7.86. The van der Waals surface area contributed by atoms with Gasteiger partial charge in [-0.05, 0) is 17.5 Å². The SMILES string of the molecule is CC(=O)OC(OC(C)=O)[C@@]12C=C[C@@H](O1)[C@H]1C(=O)N(c3cccc4ccccc34)C(=O)[C@@H]12. The van der Waals surface area contributed by atoms with Crippen LogP contribution in [0.15, 0.2) is 54.6 Å². The van der Waals surface area contributed by atoms with Gasteiger partial charge in [0.25, 0.3) is 6.29 Å². The number of imide groups is 1. The van der Waals surface area contributed by atoms with Crippen molar-refractivity contribution < 1.29 is 33.4 Å². The van der Waals surface area contributed by atoms with Crippen LogP contribution < -0.4 is 4.90 Å². The Bertz CT molecular complexity index is 1150. The van der Waals surface area contributed by atoms with Crippen LogP contribution in [0.1, 0.15) is 13.8 Å². The van der Waals surface area contributed by atoms with Crippen LogP contribution in [-0.2, 0) is 33.4 Å². The molecule has 31 heavy (non-hydrogen) atoms. The number of anilines is 1. The summed E-state index contributed by atoms with van der Waals surface area (Å²) in [6, 6.07) is 12.9. The summed E-state index contributed by atoms with van der Waals surface area (Å²) in [6.07, 6.45) is 1.05. The Kier molecular flexibility index (Phi) is 4.23. The molecule has 0 unspecified atom stereocenters. The molecule has 0 N–H and O–H groups in total. The Balaban J connectivity index is 1.60. The average molecular weight is 421 g/mol. The number of amides is 2. The summed E-state index contributed by atoms with van der Waals surface area (Å²) < 4.78 is 16.4. The maximum absolute atomic E-state index is 13.6. The molecule has 0 aliphatic carbocycles. The van der Waals surface area contributed by atoms with Gasteiger partial charge in [0.15, 0.2) is 5.60 Å². The summed E-state index contributed by atoms with van der Waals surface area (Å²) in [4.78, 5) is 51.6. The minimum absolute atomic E-state index is 0.396. The molecule has 4 atom stereocenters. The molecule has 3 heterocycles. The van der Waals surface area contributed by atoms with Crippen molar-refractivity contribution in [2.45, 2.75) is 31.8 Å². The summed E-state index contributed by atoms with van der Waals surface area (Å²) in [7, 11) is 0. The monoisotopic (exact) mass is 421 g/mol. The first-order chi connectivity index (χ1) is 14.8. The molecule has 0 aromatic heterocycles. The second kappa shape index (κ2) is 6.75. The molecule has 2 amide bonds. The average Bonchev–Trinajstić information content (AvgIpc) is 3.38. The van der Waals surface area contributed by atoms with Crippen molar-refractivity contribution in [2.75, 3.05) is 4.90 Å². The molecule has 3 aliphatic rings. The number of nitrogens with zero attached hydrogens (tertiary/aromatic N) is 1. The van der Waals surface area contributed by atoms with Crippen LogP contribution in [0, 0.1) is 11.8 Å². The van der Waals surface area contributed by atoms with E-state index in [1.165, 1.54) is 18.7 Å². The molecule has 3 aliphatic heterocycles. The Morgan fingerprint density at radius 1 is 1.00 bits per heavy atom. The van der Waals surface area contributed by atoms with Crippen molar-refractivity contribution in [1.82, 2.24) is 0 Å². The van der Waals surface area contributed by atoms with E-state index in [1.807, 2.05) is 30.3 Å². The Hall–Kier alpha value is -3.52. The van der Waals surface area contributed by atoms with Crippen molar-refractivity contribution in [3.05, 3.63) is 54.6 Å². The standard InChI is InChI=1S/C23H19NO7/c1-12(25)29-22(30-13(2)26)23-11-10-17(31-23)18-19(23)21(28)24(20(18)27)16-9-5-7-14-6-3-4-8-15(14)16/h3-11,17-19,22H,1-2H3/t17-,18-,19-,23+/m1/s1. The van der Waals surface area contributed by atoms with Crippen LogP contribution in [0.25, 0.3) is 10.8 Å². The van der Waals surface area contributed by atoms with Gasteiger partial charge in [0.05, 0.1) is 23.6 Å². The maximum atomic E-state index is 13.6. The first kappa shape index (κ1) is 19.4. The quantitative estimate of drug-likeness (QED) is 0.323. The lowest BCUT2D eigenvalue weighted by atomic mass is 9.76. The number of fused-ring (bicyclic) bond motifs is 6. The van der Waals surface area contributed by atoms with Gasteiger partial charge in [-0.2, -0.15) is 0 Å². The molecule has 2 aromatic rings. The van der Waals surface area contributed by atoms with Crippen molar-refractivity contribution >= 4 is 40.2 Å². The van der Waals surface area contributed by atoms with Crippen molar-refractivity contribution in [3.8, 4) is 0 Å². The first-order valence-corrected chi connectivity index (χ1v) is 9.90. The van der Waals surface area contributed by atoms with E-state index in [9.17, 15) is 19.2 Å². The largest absolute Gasteiger partial charge is 0.422 e. The minimum atomic E-state index is -1.56. The number of hydrogen-bond acceptors (Lipinski definition) is 7. The van der Waals surface area contributed by atoms with E-state index >= 15 is 0 Å². The lowest BCUT2D eigenvalue weighted by molar-refractivity contribution is -0.226. The van der Waals surface area contributed by atoms with E-state index in [0.717, 1.165) is 10.8 Å². The molecule has 8 heteroatoms. The maximum Gasteiger partial charge on any atom is 0.305 e. The van der Waals surface area contributed by atoms with Crippen molar-refractivity contribution in [2.24, 2.45) is 11.8 Å². The third kappa shape index (κ3) is 2.71. The van der Waals surface area contributed by atoms with Crippen molar-refractivity contribution in [1.29, 1.82) is 0 Å². The lowest BCUT2D eigenvalue weighted by Gasteiger charge is -2.34. The van der Waals surface area contributed by atoms with Gasteiger partial charge < -0.3 is 14.2 Å². The highest BCUT2D eigenvalue weighted by Gasteiger charge is 2.72. The molecule has 0 spiro atoms. The molecule has 8 nitrogen and oxygen atoms in total. The third-order valence-electron chi connectivity index (χ3n) is 6.00. The third-order valence-corrected chi connectivity index (χ3v) is 6.00. The summed E-state index contributed by atoms with van der Waals surface area (Å²) in [6.45, 7) is 2.33. The minimum Gasteiger partial charge on any atom is -0.422 e. The molecule has 2 aromatic carbocycles. The van der Waals surface area contributed by atoms with E-state index in [1.54, 1.807) is 24.3 Å². The van der Waals surface area contributed by atoms with Gasteiger partial charge in [0.2, 0.25) is 11.8 Å².